The molecule has 1 rings (SSSR count). The van der Waals surface area contributed by atoms with Gasteiger partial charge < -0.3 is 21.1 Å². The minimum absolute atomic E-state index is 0.179. The van der Waals surface area contributed by atoms with E-state index in [4.69, 9.17) is 10.5 Å². The van der Waals surface area contributed by atoms with Crippen LogP contribution in [0.1, 0.15) is 27.2 Å². The zero-order chi connectivity index (χ0) is 13.8. The summed E-state index contributed by atoms with van der Waals surface area (Å²) >= 11 is 0. The van der Waals surface area contributed by atoms with E-state index in [0.29, 0.717) is 19.8 Å². The predicted octanol–water partition coefficient (Wildman–Crippen LogP) is -0.619. The Balaban J connectivity index is 2.51. The first-order valence-corrected chi connectivity index (χ1v) is 6.33. The molecule has 0 aromatic carbocycles. The van der Waals surface area contributed by atoms with Crippen LogP contribution < -0.4 is 16.4 Å². The molecule has 4 N–H and O–H groups in total. The molecule has 1 aliphatic heterocycles. The maximum absolute atomic E-state index is 12.1. The Labute approximate surface area is 108 Å². The molecule has 18 heavy (non-hydrogen) atoms. The highest BCUT2D eigenvalue weighted by atomic mass is 16.5. The summed E-state index contributed by atoms with van der Waals surface area (Å²) in [5.74, 6) is -0.409. The van der Waals surface area contributed by atoms with Crippen molar-refractivity contribution in [2.45, 2.75) is 39.3 Å². The first-order valence-electron chi connectivity index (χ1n) is 6.33. The van der Waals surface area contributed by atoms with Crippen LogP contribution in [0.25, 0.3) is 0 Å². The first-order chi connectivity index (χ1) is 8.41. The Bertz CT molecular complexity index is 322. The summed E-state index contributed by atoms with van der Waals surface area (Å²) in [6, 6.07) is -0.892. The van der Waals surface area contributed by atoms with Crippen LogP contribution in [0.2, 0.25) is 0 Å². The van der Waals surface area contributed by atoms with Crippen molar-refractivity contribution in [3.05, 3.63) is 0 Å². The molecule has 1 aliphatic rings. The Morgan fingerprint density at radius 1 is 1.56 bits per heavy atom. The van der Waals surface area contributed by atoms with Gasteiger partial charge in [0.05, 0.1) is 18.6 Å². The molecule has 0 saturated carbocycles. The highest BCUT2D eigenvalue weighted by Gasteiger charge is 2.44. The largest absolute Gasteiger partial charge is 0.379 e. The van der Waals surface area contributed by atoms with Gasteiger partial charge in [-0.05, 0) is 20.3 Å². The lowest BCUT2D eigenvalue weighted by Gasteiger charge is -2.27. The number of ether oxygens (including phenoxy) is 1. The van der Waals surface area contributed by atoms with Crippen molar-refractivity contribution in [1.29, 1.82) is 0 Å². The van der Waals surface area contributed by atoms with Crippen molar-refractivity contribution < 1.29 is 14.3 Å². The average molecular weight is 257 g/mol. The first kappa shape index (κ1) is 14.9. The molecule has 1 heterocycles. The molecule has 2 amide bonds. The zero-order valence-electron chi connectivity index (χ0n) is 11.3. The summed E-state index contributed by atoms with van der Waals surface area (Å²) in [5, 5.41) is 5.43. The van der Waals surface area contributed by atoms with E-state index >= 15 is 0 Å². The Morgan fingerprint density at radius 2 is 2.22 bits per heavy atom. The molecule has 6 nitrogen and oxygen atoms in total. The smallest absolute Gasteiger partial charge is 0.242 e. The van der Waals surface area contributed by atoms with Crippen LogP contribution in [0.15, 0.2) is 0 Å². The van der Waals surface area contributed by atoms with E-state index in [2.05, 4.69) is 10.6 Å². The van der Waals surface area contributed by atoms with Gasteiger partial charge in [0.1, 0.15) is 6.04 Å². The SMILES string of the molecule is CCCNC(=O)C(C)NC(=O)C1(C)COCC1N. The van der Waals surface area contributed by atoms with Crippen molar-refractivity contribution in [2.24, 2.45) is 11.1 Å². The van der Waals surface area contributed by atoms with Gasteiger partial charge in [0.15, 0.2) is 0 Å². The fraction of sp³-hybridized carbons (Fsp3) is 0.833. The molecular formula is C12H23N3O3. The molecule has 6 heteroatoms. The number of hydrogen-bond donors (Lipinski definition) is 3. The zero-order valence-corrected chi connectivity index (χ0v) is 11.3. The minimum Gasteiger partial charge on any atom is -0.379 e. The highest BCUT2D eigenvalue weighted by molar-refractivity contribution is 5.90. The third-order valence-electron chi connectivity index (χ3n) is 3.33. The third-order valence-corrected chi connectivity index (χ3v) is 3.33. The minimum atomic E-state index is -0.751. The summed E-state index contributed by atoms with van der Waals surface area (Å²) in [5.41, 5.74) is 5.11. The summed E-state index contributed by atoms with van der Waals surface area (Å²) in [6.45, 7) is 6.67. The standard InChI is InChI=1S/C12H23N3O3/c1-4-5-14-10(16)8(2)15-11(17)12(3)7-18-6-9(12)13/h8-9H,4-7,13H2,1-3H3,(H,14,16)(H,15,17). The lowest BCUT2D eigenvalue weighted by molar-refractivity contribution is -0.134. The number of amides is 2. The van der Waals surface area contributed by atoms with Gasteiger partial charge in [-0.3, -0.25) is 9.59 Å². The van der Waals surface area contributed by atoms with Gasteiger partial charge in [0.2, 0.25) is 11.8 Å². The Kier molecular flexibility index (Phi) is 5.10. The molecule has 1 fully saturated rings. The van der Waals surface area contributed by atoms with Crippen LogP contribution in [-0.2, 0) is 14.3 Å². The van der Waals surface area contributed by atoms with Crippen molar-refractivity contribution >= 4 is 11.8 Å². The van der Waals surface area contributed by atoms with Crippen molar-refractivity contribution in [3.63, 3.8) is 0 Å². The Morgan fingerprint density at radius 3 is 2.72 bits per heavy atom. The van der Waals surface area contributed by atoms with E-state index in [1.807, 2.05) is 6.92 Å². The molecule has 0 spiro atoms. The summed E-state index contributed by atoms with van der Waals surface area (Å²) in [6.07, 6.45) is 0.864. The lowest BCUT2D eigenvalue weighted by Crippen LogP contribution is -2.54. The molecule has 0 bridgehead atoms. The monoisotopic (exact) mass is 257 g/mol. The number of nitrogens with one attached hydrogen (secondary N) is 2. The number of hydrogen-bond acceptors (Lipinski definition) is 4. The van der Waals surface area contributed by atoms with Gasteiger partial charge in [0.25, 0.3) is 0 Å². The number of nitrogens with two attached hydrogens (primary N) is 1. The third kappa shape index (κ3) is 3.20. The Hall–Kier alpha value is -1.14. The topological polar surface area (TPSA) is 93.5 Å². The predicted molar refractivity (Wildman–Crippen MR) is 67.8 cm³/mol. The van der Waals surface area contributed by atoms with Crippen molar-refractivity contribution in [1.82, 2.24) is 10.6 Å². The molecule has 104 valence electrons. The van der Waals surface area contributed by atoms with E-state index in [9.17, 15) is 9.59 Å². The fourth-order valence-electron chi connectivity index (χ4n) is 1.75. The second-order valence-corrected chi connectivity index (χ2v) is 5.03. The van der Waals surface area contributed by atoms with Gasteiger partial charge in [-0.2, -0.15) is 0 Å². The van der Waals surface area contributed by atoms with E-state index in [1.165, 1.54) is 0 Å². The summed E-state index contributed by atoms with van der Waals surface area (Å²) in [7, 11) is 0. The van der Waals surface area contributed by atoms with Gasteiger partial charge >= 0.3 is 0 Å². The fourth-order valence-corrected chi connectivity index (χ4v) is 1.75. The molecule has 0 radical (unpaired) electrons. The number of carbonyl (C=O) groups excluding carboxylic acids is 2. The number of carbonyl (C=O) groups is 2. The highest BCUT2D eigenvalue weighted by Crippen LogP contribution is 2.27. The van der Waals surface area contributed by atoms with Crippen LogP contribution >= 0.6 is 0 Å². The maximum atomic E-state index is 12.1. The average Bonchev–Trinajstić information content (AvgIpc) is 2.67. The van der Waals surface area contributed by atoms with E-state index < -0.39 is 11.5 Å². The quantitative estimate of drug-likeness (QED) is 0.612. The number of rotatable bonds is 5. The van der Waals surface area contributed by atoms with Gasteiger partial charge in [0, 0.05) is 12.6 Å². The van der Waals surface area contributed by atoms with Gasteiger partial charge in [-0.15, -0.1) is 0 Å². The van der Waals surface area contributed by atoms with Gasteiger partial charge in [-0.1, -0.05) is 6.92 Å². The van der Waals surface area contributed by atoms with Gasteiger partial charge in [-0.25, -0.2) is 0 Å². The van der Waals surface area contributed by atoms with Crippen molar-refractivity contribution in [2.75, 3.05) is 19.8 Å². The summed E-state index contributed by atoms with van der Waals surface area (Å²) < 4.78 is 5.21. The lowest BCUT2D eigenvalue weighted by atomic mass is 9.84. The second kappa shape index (κ2) is 6.15. The molecule has 3 atom stereocenters. The second-order valence-electron chi connectivity index (χ2n) is 5.03. The molecule has 3 unspecified atom stereocenters. The molecule has 0 aliphatic carbocycles. The van der Waals surface area contributed by atoms with Crippen LogP contribution in [0.5, 0.6) is 0 Å². The molecule has 0 aromatic heterocycles. The maximum Gasteiger partial charge on any atom is 0.242 e. The summed E-state index contributed by atoms with van der Waals surface area (Å²) in [4.78, 5) is 23.8. The molecule has 0 aromatic rings. The van der Waals surface area contributed by atoms with Crippen LogP contribution in [0, 0.1) is 5.41 Å². The van der Waals surface area contributed by atoms with E-state index in [1.54, 1.807) is 13.8 Å². The normalized spacial score (nSPS) is 28.8. The van der Waals surface area contributed by atoms with Crippen LogP contribution in [0.4, 0.5) is 0 Å². The van der Waals surface area contributed by atoms with Crippen LogP contribution in [0.3, 0.4) is 0 Å². The van der Waals surface area contributed by atoms with E-state index in [-0.39, 0.29) is 17.9 Å². The molecular weight excluding hydrogens is 234 g/mol. The van der Waals surface area contributed by atoms with Crippen molar-refractivity contribution in [3.8, 4) is 0 Å². The van der Waals surface area contributed by atoms with Crippen LogP contribution in [-0.4, -0.2) is 43.7 Å². The van der Waals surface area contributed by atoms with E-state index in [0.717, 1.165) is 6.42 Å². The molecule has 1 saturated heterocycles.